The Bertz CT molecular complexity index is 174. The third kappa shape index (κ3) is 4.84. The quantitative estimate of drug-likeness (QED) is 0.731. The summed E-state index contributed by atoms with van der Waals surface area (Å²) in [5.41, 5.74) is 0. The van der Waals surface area contributed by atoms with Gasteiger partial charge in [0.2, 0.25) is 0 Å². The van der Waals surface area contributed by atoms with Gasteiger partial charge in [-0.25, -0.2) is 0 Å². The lowest BCUT2D eigenvalue weighted by Crippen LogP contribution is -2.39. The highest BCUT2D eigenvalue weighted by Gasteiger charge is 2.21. The van der Waals surface area contributed by atoms with Crippen molar-refractivity contribution in [1.82, 2.24) is 5.32 Å². The molecular weight excluding hydrogens is 198 g/mol. The van der Waals surface area contributed by atoms with Crippen molar-refractivity contribution in [3.63, 3.8) is 0 Å². The summed E-state index contributed by atoms with van der Waals surface area (Å²) in [6.45, 7) is 7.19. The van der Waals surface area contributed by atoms with Crippen LogP contribution in [0.5, 0.6) is 0 Å². The highest BCUT2D eigenvalue weighted by atomic mass is 16.3. The monoisotopic (exact) mass is 227 g/mol. The first-order valence-corrected chi connectivity index (χ1v) is 7.05. The fraction of sp³-hybridized carbons (Fsp3) is 1.00. The third-order valence-corrected chi connectivity index (χ3v) is 3.93. The number of aliphatic hydroxyl groups excluding tert-OH is 1. The van der Waals surface area contributed by atoms with E-state index in [4.69, 9.17) is 0 Å². The highest BCUT2D eigenvalue weighted by molar-refractivity contribution is 4.78. The number of hydrogen-bond donors (Lipinski definition) is 2. The first-order chi connectivity index (χ1) is 7.63. The average Bonchev–Trinajstić information content (AvgIpc) is 2.28. The summed E-state index contributed by atoms with van der Waals surface area (Å²) in [5, 5.41) is 13.2. The molecule has 2 nitrogen and oxygen atoms in total. The Hall–Kier alpha value is -0.0800. The molecule has 0 aromatic carbocycles. The maximum absolute atomic E-state index is 9.73. The molecule has 1 saturated carbocycles. The van der Waals surface area contributed by atoms with Crippen molar-refractivity contribution in [3.8, 4) is 0 Å². The van der Waals surface area contributed by atoms with Crippen LogP contribution in [0.15, 0.2) is 0 Å². The van der Waals surface area contributed by atoms with Crippen LogP contribution in [-0.4, -0.2) is 23.8 Å². The fourth-order valence-corrected chi connectivity index (χ4v) is 2.59. The summed E-state index contributed by atoms with van der Waals surface area (Å²) >= 11 is 0. The van der Waals surface area contributed by atoms with Gasteiger partial charge in [0.1, 0.15) is 0 Å². The summed E-state index contributed by atoms with van der Waals surface area (Å²) in [7, 11) is 0. The molecule has 2 N–H and O–H groups in total. The first kappa shape index (κ1) is 14.0. The Balaban J connectivity index is 2.12. The van der Waals surface area contributed by atoms with Gasteiger partial charge in [-0.1, -0.05) is 33.6 Å². The lowest BCUT2D eigenvalue weighted by atomic mass is 9.83. The van der Waals surface area contributed by atoms with Crippen LogP contribution in [0.2, 0.25) is 0 Å². The Morgan fingerprint density at radius 1 is 1.19 bits per heavy atom. The van der Waals surface area contributed by atoms with Crippen molar-refractivity contribution >= 4 is 0 Å². The van der Waals surface area contributed by atoms with Gasteiger partial charge >= 0.3 is 0 Å². The molecule has 0 spiro atoms. The van der Waals surface area contributed by atoms with Gasteiger partial charge in [-0.3, -0.25) is 0 Å². The van der Waals surface area contributed by atoms with Crippen LogP contribution in [-0.2, 0) is 0 Å². The summed E-state index contributed by atoms with van der Waals surface area (Å²) in [4.78, 5) is 0. The van der Waals surface area contributed by atoms with Crippen LogP contribution < -0.4 is 5.32 Å². The molecule has 1 atom stereocenters. The molecule has 0 aromatic rings. The van der Waals surface area contributed by atoms with Crippen LogP contribution in [0.1, 0.15) is 59.3 Å². The third-order valence-electron chi connectivity index (χ3n) is 3.93. The Labute approximate surface area is 101 Å². The molecule has 0 radical (unpaired) electrons. The van der Waals surface area contributed by atoms with Gasteiger partial charge in [0, 0.05) is 12.6 Å². The van der Waals surface area contributed by atoms with E-state index in [0.29, 0.717) is 12.0 Å². The number of aliphatic hydroxyl groups is 1. The summed E-state index contributed by atoms with van der Waals surface area (Å²) in [6, 6.07) is 0.654. The Kier molecular flexibility index (Phi) is 6.37. The minimum absolute atomic E-state index is 0.187. The molecule has 1 rings (SSSR count). The second-order valence-electron chi connectivity index (χ2n) is 5.73. The van der Waals surface area contributed by atoms with Crippen molar-refractivity contribution in [2.75, 3.05) is 6.54 Å². The van der Waals surface area contributed by atoms with E-state index in [1.807, 2.05) is 0 Å². The van der Waals surface area contributed by atoms with Gasteiger partial charge < -0.3 is 10.4 Å². The van der Waals surface area contributed by atoms with Gasteiger partial charge in [0.05, 0.1) is 6.10 Å². The van der Waals surface area contributed by atoms with Crippen molar-refractivity contribution in [1.29, 1.82) is 0 Å². The number of hydrogen-bond acceptors (Lipinski definition) is 2. The van der Waals surface area contributed by atoms with Crippen molar-refractivity contribution in [2.24, 2.45) is 11.8 Å². The molecular formula is C14H29NO. The molecule has 1 aliphatic carbocycles. The predicted molar refractivity (Wildman–Crippen MR) is 69.5 cm³/mol. The minimum atomic E-state index is -0.187. The summed E-state index contributed by atoms with van der Waals surface area (Å²) in [5.74, 6) is 1.34. The standard InChI is InChI=1S/C14H29NO/c1-4-5-12-6-8-13(9-7-12)15-10-14(16)11(2)3/h11-16H,4-10H2,1-3H3. The van der Waals surface area contributed by atoms with E-state index in [1.165, 1.54) is 38.5 Å². The smallest absolute Gasteiger partial charge is 0.0687 e. The second-order valence-corrected chi connectivity index (χ2v) is 5.73. The highest BCUT2D eigenvalue weighted by Crippen LogP contribution is 2.27. The van der Waals surface area contributed by atoms with E-state index in [9.17, 15) is 5.11 Å². The van der Waals surface area contributed by atoms with E-state index in [1.54, 1.807) is 0 Å². The molecule has 0 aliphatic heterocycles. The fourth-order valence-electron chi connectivity index (χ4n) is 2.59. The predicted octanol–water partition coefficient (Wildman–Crippen LogP) is 2.95. The van der Waals surface area contributed by atoms with E-state index >= 15 is 0 Å². The summed E-state index contributed by atoms with van der Waals surface area (Å²) < 4.78 is 0. The lowest BCUT2D eigenvalue weighted by Gasteiger charge is -2.30. The topological polar surface area (TPSA) is 32.3 Å². The normalized spacial score (nSPS) is 28.3. The number of rotatable bonds is 6. The zero-order valence-corrected chi connectivity index (χ0v) is 11.2. The molecule has 96 valence electrons. The zero-order valence-electron chi connectivity index (χ0n) is 11.2. The zero-order chi connectivity index (χ0) is 12.0. The minimum Gasteiger partial charge on any atom is -0.392 e. The number of nitrogens with one attached hydrogen (secondary N) is 1. The molecule has 1 aliphatic rings. The van der Waals surface area contributed by atoms with Crippen LogP contribution in [0.3, 0.4) is 0 Å². The molecule has 0 heterocycles. The summed E-state index contributed by atoms with van der Waals surface area (Å²) in [6.07, 6.45) is 7.90. The van der Waals surface area contributed by atoms with E-state index < -0.39 is 0 Å². The maximum Gasteiger partial charge on any atom is 0.0687 e. The molecule has 0 saturated heterocycles. The second kappa shape index (κ2) is 7.29. The maximum atomic E-state index is 9.73. The largest absolute Gasteiger partial charge is 0.392 e. The van der Waals surface area contributed by atoms with Crippen molar-refractivity contribution < 1.29 is 5.11 Å². The first-order valence-electron chi connectivity index (χ1n) is 7.05. The molecule has 1 fully saturated rings. The van der Waals surface area contributed by atoms with Crippen LogP contribution in [0, 0.1) is 11.8 Å². The van der Waals surface area contributed by atoms with E-state index in [-0.39, 0.29) is 6.10 Å². The Morgan fingerprint density at radius 2 is 1.81 bits per heavy atom. The van der Waals surface area contributed by atoms with Gasteiger partial charge in [0.15, 0.2) is 0 Å². The molecule has 2 heteroatoms. The van der Waals surface area contributed by atoms with E-state index in [2.05, 4.69) is 26.1 Å². The van der Waals surface area contributed by atoms with Crippen LogP contribution >= 0.6 is 0 Å². The van der Waals surface area contributed by atoms with Crippen LogP contribution in [0.4, 0.5) is 0 Å². The average molecular weight is 227 g/mol. The molecule has 16 heavy (non-hydrogen) atoms. The molecule has 0 amide bonds. The van der Waals surface area contributed by atoms with Gasteiger partial charge in [-0.15, -0.1) is 0 Å². The van der Waals surface area contributed by atoms with Gasteiger partial charge in [-0.05, 0) is 37.5 Å². The molecule has 0 bridgehead atoms. The van der Waals surface area contributed by atoms with E-state index in [0.717, 1.165) is 12.5 Å². The molecule has 0 aromatic heterocycles. The molecule has 1 unspecified atom stereocenters. The van der Waals surface area contributed by atoms with Gasteiger partial charge in [-0.2, -0.15) is 0 Å². The SMILES string of the molecule is CCCC1CCC(NCC(O)C(C)C)CC1. The van der Waals surface area contributed by atoms with Gasteiger partial charge in [0.25, 0.3) is 0 Å². The van der Waals surface area contributed by atoms with Crippen molar-refractivity contribution in [3.05, 3.63) is 0 Å². The van der Waals surface area contributed by atoms with Crippen LogP contribution in [0.25, 0.3) is 0 Å². The Morgan fingerprint density at radius 3 is 2.31 bits per heavy atom. The lowest BCUT2D eigenvalue weighted by molar-refractivity contribution is 0.116. The van der Waals surface area contributed by atoms with Crippen molar-refractivity contribution in [2.45, 2.75) is 71.4 Å².